The zero-order chi connectivity index (χ0) is 15.6. The highest BCUT2D eigenvalue weighted by Gasteiger charge is 2.11. The van der Waals surface area contributed by atoms with Crippen LogP contribution >= 0.6 is 0 Å². The lowest BCUT2D eigenvalue weighted by atomic mass is 10.1. The average molecular weight is 305 g/mol. The summed E-state index contributed by atoms with van der Waals surface area (Å²) < 4.78 is 10.8. The number of guanidine groups is 1. The van der Waals surface area contributed by atoms with Crippen molar-refractivity contribution in [3.63, 3.8) is 0 Å². The van der Waals surface area contributed by atoms with Crippen LogP contribution in [0.1, 0.15) is 25.0 Å². The van der Waals surface area contributed by atoms with E-state index in [4.69, 9.17) is 9.47 Å². The lowest BCUT2D eigenvalue weighted by Crippen LogP contribution is -2.38. The van der Waals surface area contributed by atoms with Crippen molar-refractivity contribution in [2.75, 3.05) is 39.5 Å². The highest BCUT2D eigenvalue weighted by molar-refractivity contribution is 5.79. The first kappa shape index (κ1) is 16.6. The fraction of sp³-hybridized carbons (Fsp3) is 0.588. The van der Waals surface area contributed by atoms with Crippen molar-refractivity contribution in [3.8, 4) is 5.75 Å². The van der Waals surface area contributed by atoms with Crippen molar-refractivity contribution >= 4 is 5.96 Å². The third-order valence-electron chi connectivity index (χ3n) is 3.51. The van der Waals surface area contributed by atoms with Crippen molar-refractivity contribution < 1.29 is 9.47 Å². The first-order chi connectivity index (χ1) is 10.8. The van der Waals surface area contributed by atoms with Gasteiger partial charge in [-0.25, -0.2) is 0 Å². The van der Waals surface area contributed by atoms with E-state index in [1.54, 1.807) is 0 Å². The SMILES string of the molecule is CCNC(=NCCOCC)NCCc1ccc2c(c1)CCO2. The van der Waals surface area contributed by atoms with Gasteiger partial charge in [0.1, 0.15) is 5.75 Å². The Bertz CT molecular complexity index is 489. The Balaban J connectivity index is 1.77. The van der Waals surface area contributed by atoms with E-state index in [1.165, 1.54) is 11.1 Å². The number of hydrogen-bond donors (Lipinski definition) is 2. The van der Waals surface area contributed by atoms with Crippen LogP contribution in [-0.2, 0) is 17.6 Å². The Kier molecular flexibility index (Phi) is 7.03. The lowest BCUT2D eigenvalue weighted by Gasteiger charge is -2.11. The van der Waals surface area contributed by atoms with Crippen molar-refractivity contribution in [2.45, 2.75) is 26.7 Å². The molecule has 5 heteroatoms. The van der Waals surface area contributed by atoms with Crippen LogP contribution in [0.25, 0.3) is 0 Å². The highest BCUT2D eigenvalue weighted by Crippen LogP contribution is 2.25. The smallest absolute Gasteiger partial charge is 0.191 e. The molecule has 1 aliphatic rings. The first-order valence-electron chi connectivity index (χ1n) is 8.18. The molecule has 122 valence electrons. The number of nitrogens with zero attached hydrogens (tertiary/aromatic N) is 1. The molecule has 0 spiro atoms. The van der Waals surface area contributed by atoms with Gasteiger partial charge in [0.25, 0.3) is 0 Å². The van der Waals surface area contributed by atoms with Gasteiger partial charge in [-0.15, -0.1) is 0 Å². The Morgan fingerprint density at radius 1 is 1.32 bits per heavy atom. The van der Waals surface area contributed by atoms with Crippen LogP contribution in [0.5, 0.6) is 5.75 Å². The van der Waals surface area contributed by atoms with E-state index >= 15 is 0 Å². The number of rotatable bonds is 8. The molecule has 0 bridgehead atoms. The lowest BCUT2D eigenvalue weighted by molar-refractivity contribution is 0.155. The standard InChI is InChI=1S/C17H27N3O2/c1-3-18-17(20-10-12-21-4-2)19-9-7-14-5-6-16-15(13-14)8-11-22-16/h5-6,13H,3-4,7-12H2,1-2H3,(H2,18,19,20). The fourth-order valence-corrected chi connectivity index (χ4v) is 2.43. The summed E-state index contributed by atoms with van der Waals surface area (Å²) in [5, 5.41) is 6.62. The van der Waals surface area contributed by atoms with Crippen molar-refractivity contribution in [1.82, 2.24) is 10.6 Å². The van der Waals surface area contributed by atoms with Crippen molar-refractivity contribution in [2.24, 2.45) is 4.99 Å². The summed E-state index contributed by atoms with van der Waals surface area (Å²) in [7, 11) is 0. The van der Waals surface area contributed by atoms with Crippen LogP contribution < -0.4 is 15.4 Å². The molecular weight excluding hydrogens is 278 g/mol. The van der Waals surface area contributed by atoms with Crippen LogP contribution in [0, 0.1) is 0 Å². The first-order valence-corrected chi connectivity index (χ1v) is 8.18. The van der Waals surface area contributed by atoms with E-state index < -0.39 is 0 Å². The van der Waals surface area contributed by atoms with Gasteiger partial charge in [0.2, 0.25) is 0 Å². The van der Waals surface area contributed by atoms with Gasteiger partial charge in [-0.05, 0) is 37.5 Å². The molecular formula is C17H27N3O2. The Hall–Kier alpha value is -1.75. The topological polar surface area (TPSA) is 54.9 Å². The number of benzene rings is 1. The van der Waals surface area contributed by atoms with E-state index in [0.29, 0.717) is 13.2 Å². The van der Waals surface area contributed by atoms with Crippen molar-refractivity contribution in [1.29, 1.82) is 0 Å². The number of fused-ring (bicyclic) bond motifs is 1. The molecule has 22 heavy (non-hydrogen) atoms. The summed E-state index contributed by atoms with van der Waals surface area (Å²) in [6.07, 6.45) is 2.00. The minimum Gasteiger partial charge on any atom is -0.493 e. The molecule has 1 aromatic rings. The molecule has 0 atom stereocenters. The predicted octanol–water partition coefficient (Wildman–Crippen LogP) is 1.76. The van der Waals surface area contributed by atoms with Gasteiger partial charge in [-0.2, -0.15) is 0 Å². The van der Waals surface area contributed by atoms with Crippen LogP contribution in [-0.4, -0.2) is 45.4 Å². The summed E-state index contributed by atoms with van der Waals surface area (Å²) in [5.41, 5.74) is 2.66. The highest BCUT2D eigenvalue weighted by atomic mass is 16.5. The monoisotopic (exact) mass is 305 g/mol. The third-order valence-corrected chi connectivity index (χ3v) is 3.51. The van der Waals surface area contributed by atoms with Crippen LogP contribution in [0.3, 0.4) is 0 Å². The summed E-state index contributed by atoms with van der Waals surface area (Å²) in [6, 6.07) is 6.48. The summed E-state index contributed by atoms with van der Waals surface area (Å²) in [5.74, 6) is 1.90. The minimum atomic E-state index is 0.665. The quantitative estimate of drug-likeness (QED) is 0.436. The number of aliphatic imine (C=N–C) groups is 1. The molecule has 0 aromatic heterocycles. The maximum atomic E-state index is 5.54. The predicted molar refractivity (Wildman–Crippen MR) is 89.8 cm³/mol. The third kappa shape index (κ3) is 5.22. The van der Waals surface area contributed by atoms with E-state index in [2.05, 4.69) is 40.7 Å². The van der Waals surface area contributed by atoms with Crippen molar-refractivity contribution in [3.05, 3.63) is 29.3 Å². The average Bonchev–Trinajstić information content (AvgIpc) is 2.99. The van der Waals surface area contributed by atoms with Gasteiger partial charge in [-0.1, -0.05) is 12.1 Å². The van der Waals surface area contributed by atoms with Gasteiger partial charge >= 0.3 is 0 Å². The normalized spacial score (nSPS) is 13.6. The molecule has 2 N–H and O–H groups in total. The molecule has 5 nitrogen and oxygen atoms in total. The maximum absolute atomic E-state index is 5.54. The molecule has 0 saturated carbocycles. The van der Waals surface area contributed by atoms with Gasteiger partial charge in [0, 0.05) is 26.1 Å². The second-order valence-electron chi connectivity index (χ2n) is 5.17. The molecule has 0 radical (unpaired) electrons. The molecule has 1 heterocycles. The van der Waals surface area contributed by atoms with Crippen LogP contribution in [0.4, 0.5) is 0 Å². The zero-order valence-electron chi connectivity index (χ0n) is 13.7. The van der Waals surface area contributed by atoms with Gasteiger partial charge < -0.3 is 20.1 Å². The molecule has 1 aromatic carbocycles. The molecule has 0 saturated heterocycles. The van der Waals surface area contributed by atoms with Gasteiger partial charge in [0.05, 0.1) is 19.8 Å². The number of hydrogen-bond acceptors (Lipinski definition) is 3. The minimum absolute atomic E-state index is 0.665. The van der Waals surface area contributed by atoms with Crippen LogP contribution in [0.2, 0.25) is 0 Å². The van der Waals surface area contributed by atoms with Crippen LogP contribution in [0.15, 0.2) is 23.2 Å². The Labute approximate surface area is 133 Å². The number of ether oxygens (including phenoxy) is 2. The zero-order valence-corrected chi connectivity index (χ0v) is 13.7. The summed E-state index contributed by atoms with van der Waals surface area (Å²) in [4.78, 5) is 4.49. The summed E-state index contributed by atoms with van der Waals surface area (Å²) >= 11 is 0. The molecule has 0 fully saturated rings. The molecule has 1 aliphatic heterocycles. The maximum Gasteiger partial charge on any atom is 0.191 e. The van der Waals surface area contributed by atoms with E-state index in [-0.39, 0.29) is 0 Å². The molecule has 0 unspecified atom stereocenters. The second kappa shape index (κ2) is 9.30. The summed E-state index contributed by atoms with van der Waals surface area (Å²) in [6.45, 7) is 8.68. The van der Waals surface area contributed by atoms with E-state index in [9.17, 15) is 0 Å². The van der Waals surface area contributed by atoms with E-state index in [0.717, 1.165) is 50.9 Å². The molecule has 0 amide bonds. The van der Waals surface area contributed by atoms with Gasteiger partial charge in [-0.3, -0.25) is 4.99 Å². The Morgan fingerprint density at radius 3 is 3.05 bits per heavy atom. The molecule has 0 aliphatic carbocycles. The largest absolute Gasteiger partial charge is 0.493 e. The second-order valence-corrected chi connectivity index (χ2v) is 5.17. The number of nitrogens with one attached hydrogen (secondary N) is 2. The fourth-order valence-electron chi connectivity index (χ4n) is 2.43. The Morgan fingerprint density at radius 2 is 2.23 bits per heavy atom. The molecule has 2 rings (SSSR count). The van der Waals surface area contributed by atoms with Gasteiger partial charge in [0.15, 0.2) is 5.96 Å². The van der Waals surface area contributed by atoms with E-state index in [1.807, 2.05) is 6.92 Å².